The van der Waals surface area contributed by atoms with E-state index in [2.05, 4.69) is 85.9 Å². The molecule has 8 nitrogen and oxygen atoms in total. The lowest BCUT2D eigenvalue weighted by Gasteiger charge is -2.43. The van der Waals surface area contributed by atoms with Crippen molar-refractivity contribution in [1.82, 2.24) is 14.4 Å². The predicted octanol–water partition coefficient (Wildman–Crippen LogP) is 6.86. The zero-order chi connectivity index (χ0) is 33.3. The van der Waals surface area contributed by atoms with Crippen LogP contribution in [0.2, 0.25) is 0 Å². The highest BCUT2D eigenvalue weighted by Gasteiger charge is 2.52. The van der Waals surface area contributed by atoms with Crippen molar-refractivity contribution in [2.75, 3.05) is 71.8 Å². The number of hydrogen-bond donors (Lipinski definition) is 1. The fourth-order valence-corrected chi connectivity index (χ4v) is 8.36. The Morgan fingerprint density at radius 2 is 1.57 bits per heavy atom. The van der Waals surface area contributed by atoms with E-state index in [0.717, 1.165) is 61.3 Å². The number of likely N-dealkylation sites (N-methyl/N-ethyl adjacent to an activating group) is 1. The molecule has 2 unspecified atom stereocenters. The number of hydrogen-bond acceptors (Lipinski definition) is 8. The smallest absolute Gasteiger partial charge is 0.218 e. The molecule has 252 valence electrons. The molecule has 0 aliphatic carbocycles. The Labute approximate surface area is 281 Å². The first-order valence-electron chi connectivity index (χ1n) is 16.5. The molecule has 46 heavy (non-hydrogen) atoms. The van der Waals surface area contributed by atoms with Gasteiger partial charge in [0, 0.05) is 55.1 Å². The highest BCUT2D eigenvalue weighted by Crippen LogP contribution is 2.50. The molecule has 0 amide bonds. The maximum Gasteiger partial charge on any atom is 0.218 e. The van der Waals surface area contributed by atoms with Crippen LogP contribution in [0.5, 0.6) is 17.2 Å². The molecule has 0 bridgehead atoms. The monoisotopic (exact) mass is 651 g/mol. The summed E-state index contributed by atoms with van der Waals surface area (Å²) in [4.78, 5) is 9.53. The van der Waals surface area contributed by atoms with Crippen LogP contribution in [0.3, 0.4) is 0 Å². The zero-order valence-electron chi connectivity index (χ0n) is 29.1. The summed E-state index contributed by atoms with van der Waals surface area (Å²) in [6.07, 6.45) is 3.16. The van der Waals surface area contributed by atoms with Gasteiger partial charge in [0.15, 0.2) is 17.2 Å². The van der Waals surface area contributed by atoms with E-state index in [0.29, 0.717) is 34.8 Å². The third-order valence-electron chi connectivity index (χ3n) is 8.63. The van der Waals surface area contributed by atoms with Gasteiger partial charge in [0.25, 0.3) is 0 Å². The van der Waals surface area contributed by atoms with Gasteiger partial charge in [-0.2, -0.15) is 0 Å². The number of anilines is 1. The van der Waals surface area contributed by atoms with Gasteiger partial charge in [-0.1, -0.05) is 57.7 Å². The number of para-hydroxylation sites is 2. The van der Waals surface area contributed by atoms with Crippen LogP contribution in [0.4, 0.5) is 11.4 Å². The quantitative estimate of drug-likeness (QED) is 0.150. The Kier molecular flexibility index (Phi) is 13.0. The summed E-state index contributed by atoms with van der Waals surface area (Å²) in [5.41, 5.74) is 4.74. The van der Waals surface area contributed by atoms with Crippen LogP contribution in [-0.2, 0) is 6.42 Å². The number of aliphatic hydroxyl groups is 1. The number of fused-ring (bicyclic) bond motifs is 1. The molecule has 1 aliphatic rings. The van der Waals surface area contributed by atoms with Gasteiger partial charge in [-0.3, -0.25) is 9.47 Å². The van der Waals surface area contributed by atoms with Crippen LogP contribution in [0.25, 0.3) is 0 Å². The van der Waals surface area contributed by atoms with Gasteiger partial charge in [-0.25, -0.2) is 0 Å². The Hall–Kier alpha value is -2.98. The fourth-order valence-electron chi connectivity index (χ4n) is 6.85. The number of pyridine rings is 1. The van der Waals surface area contributed by atoms with Crippen LogP contribution in [0.1, 0.15) is 51.5 Å². The Morgan fingerprint density at radius 1 is 0.913 bits per heavy atom. The highest BCUT2D eigenvalue weighted by atomic mass is 32.2. The minimum Gasteiger partial charge on any atom is -0.493 e. The lowest BCUT2D eigenvalue weighted by atomic mass is 10.1. The molecule has 1 aromatic heterocycles. The van der Waals surface area contributed by atoms with Crippen molar-refractivity contribution in [1.29, 1.82) is 0 Å². The molecule has 2 atom stereocenters. The average molecular weight is 652 g/mol. The number of aromatic nitrogens is 1. The van der Waals surface area contributed by atoms with E-state index in [1.54, 1.807) is 21.3 Å². The van der Waals surface area contributed by atoms with E-state index in [1.165, 1.54) is 11.4 Å². The summed E-state index contributed by atoms with van der Waals surface area (Å²) in [5, 5.41) is 11.6. The van der Waals surface area contributed by atoms with Crippen LogP contribution >= 0.6 is 11.8 Å². The van der Waals surface area contributed by atoms with Gasteiger partial charge < -0.3 is 29.1 Å². The summed E-state index contributed by atoms with van der Waals surface area (Å²) in [6, 6.07) is 18.8. The number of benzene rings is 2. The first-order valence-corrected chi connectivity index (χ1v) is 17.6. The molecule has 0 fully saturated rings. The molecule has 1 N–H and O–H groups in total. The largest absolute Gasteiger partial charge is 0.493 e. The molecular formula is C37H55N4O4S+. The number of quaternary nitrogens is 1. The van der Waals surface area contributed by atoms with Crippen LogP contribution in [0.15, 0.2) is 60.8 Å². The summed E-state index contributed by atoms with van der Waals surface area (Å²) in [6.45, 7) is 14.3. The molecule has 2 aromatic carbocycles. The molecule has 0 saturated heterocycles. The van der Waals surface area contributed by atoms with E-state index in [1.807, 2.05) is 36.2 Å². The molecule has 9 heteroatoms. The van der Waals surface area contributed by atoms with Crippen LogP contribution < -0.4 is 23.6 Å². The van der Waals surface area contributed by atoms with E-state index in [4.69, 9.17) is 14.2 Å². The van der Waals surface area contributed by atoms with Gasteiger partial charge in [0.2, 0.25) is 11.2 Å². The first kappa shape index (κ1) is 35.9. The van der Waals surface area contributed by atoms with Crippen molar-refractivity contribution >= 4 is 23.1 Å². The van der Waals surface area contributed by atoms with Crippen LogP contribution in [-0.4, -0.2) is 87.3 Å². The maximum absolute atomic E-state index is 11.6. The van der Waals surface area contributed by atoms with E-state index < -0.39 is 6.10 Å². The zero-order valence-corrected chi connectivity index (χ0v) is 29.9. The Morgan fingerprint density at radius 3 is 2.15 bits per heavy atom. The van der Waals surface area contributed by atoms with E-state index >= 15 is 0 Å². The maximum atomic E-state index is 11.6. The van der Waals surface area contributed by atoms with Gasteiger partial charge in [0.1, 0.15) is 5.69 Å². The van der Waals surface area contributed by atoms with E-state index in [9.17, 15) is 5.11 Å². The lowest BCUT2D eigenvalue weighted by Crippen LogP contribution is -2.61. The number of aliphatic hydroxyl groups excluding tert-OH is 1. The molecule has 1 aliphatic heterocycles. The van der Waals surface area contributed by atoms with Crippen molar-refractivity contribution in [2.24, 2.45) is 11.8 Å². The number of ether oxygens (including phenoxy) is 3. The number of nitrogens with zero attached hydrogens (tertiary/aromatic N) is 4. The Bertz CT molecular complexity index is 1340. The molecule has 2 heterocycles. The number of thioether (sulfide) groups is 1. The third-order valence-corrected chi connectivity index (χ3v) is 10.1. The summed E-state index contributed by atoms with van der Waals surface area (Å²) >= 11 is 1.86. The second-order valence-corrected chi connectivity index (χ2v) is 14.3. The minimum atomic E-state index is -0.706. The van der Waals surface area contributed by atoms with Gasteiger partial charge in [-0.15, -0.1) is 0 Å². The van der Waals surface area contributed by atoms with Gasteiger partial charge in [0.05, 0.1) is 40.5 Å². The molecular weight excluding hydrogens is 596 g/mol. The standard InChI is InChI=1S/C37H55N4O4S/c1-27(2)24-41(25-28(3)4)32-16-10-9-15-31(32)40(20-13-19-39(5)21-17-30-14-11-12-18-38-30)37(41)46-26-33(42)29-22-34(43-6)36(45-8)35(23-29)44-7/h9-12,14-16,18,22-23,27-28,33,37,42H,13,17,19-21,24-26H2,1-8H3/q+1. The normalized spacial score (nSPS) is 16.3. The Balaban J connectivity index is 1.59. The van der Waals surface area contributed by atoms with Crippen molar-refractivity contribution < 1.29 is 19.3 Å². The van der Waals surface area contributed by atoms with Gasteiger partial charge >= 0.3 is 0 Å². The van der Waals surface area contributed by atoms with Crippen molar-refractivity contribution in [3.63, 3.8) is 0 Å². The van der Waals surface area contributed by atoms with Crippen molar-refractivity contribution in [3.8, 4) is 17.2 Å². The topological polar surface area (TPSA) is 67.3 Å². The first-order chi connectivity index (χ1) is 22.1. The molecule has 0 saturated carbocycles. The highest BCUT2D eigenvalue weighted by molar-refractivity contribution is 8.00. The minimum absolute atomic E-state index is 0.137. The number of rotatable bonds is 18. The summed E-state index contributed by atoms with van der Waals surface area (Å²) in [7, 11) is 7.02. The fraction of sp³-hybridized carbons (Fsp3) is 0.541. The summed E-state index contributed by atoms with van der Waals surface area (Å²) in [5.74, 6) is 3.18. The third kappa shape index (κ3) is 8.48. The SMILES string of the molecule is COc1cc(C(O)CSC2N(CCCN(C)CCc3ccccn3)c3ccccc3[N+]2(CC(C)C)CC(C)C)cc(OC)c1OC. The predicted molar refractivity (Wildman–Crippen MR) is 192 cm³/mol. The second kappa shape index (κ2) is 16.7. The second-order valence-electron chi connectivity index (χ2n) is 13.2. The molecule has 3 aromatic rings. The molecule has 0 radical (unpaired) electrons. The van der Waals surface area contributed by atoms with E-state index in [-0.39, 0.29) is 5.50 Å². The number of methoxy groups -OCH3 is 3. The van der Waals surface area contributed by atoms with Crippen molar-refractivity contribution in [3.05, 3.63) is 72.1 Å². The summed E-state index contributed by atoms with van der Waals surface area (Å²) < 4.78 is 17.6. The lowest BCUT2D eigenvalue weighted by molar-refractivity contribution is 0.198. The molecule has 0 spiro atoms. The van der Waals surface area contributed by atoms with Crippen LogP contribution in [0, 0.1) is 11.8 Å². The van der Waals surface area contributed by atoms with Gasteiger partial charge in [-0.05, 0) is 55.9 Å². The molecule has 4 rings (SSSR count). The average Bonchev–Trinajstić information content (AvgIpc) is 3.28. The van der Waals surface area contributed by atoms with Crippen molar-refractivity contribution in [2.45, 2.75) is 52.1 Å².